The minimum Gasteiger partial charge on any atom is -0.348 e. The molecule has 2 aliphatic rings. The molecule has 152 valence electrons. The zero-order chi connectivity index (χ0) is 20.5. The Morgan fingerprint density at radius 3 is 2.53 bits per heavy atom. The van der Waals surface area contributed by atoms with Gasteiger partial charge in [-0.3, -0.25) is 14.3 Å². The predicted octanol–water partition coefficient (Wildman–Crippen LogP) is 3.49. The molecule has 1 fully saturated rings. The number of carbonyl (C=O) groups excluding carboxylic acids is 2. The van der Waals surface area contributed by atoms with E-state index >= 15 is 0 Å². The van der Waals surface area contributed by atoms with E-state index in [0.29, 0.717) is 36.9 Å². The highest BCUT2D eigenvalue weighted by Crippen LogP contribution is 2.26. The first-order chi connectivity index (χ1) is 14.7. The molecular formula is C24H24N4O2. The zero-order valence-electron chi connectivity index (χ0n) is 16.8. The molecule has 1 saturated carbocycles. The monoisotopic (exact) mass is 400 g/mol. The van der Waals surface area contributed by atoms with Crippen molar-refractivity contribution in [3.63, 3.8) is 0 Å². The molecule has 1 N–H and O–H groups in total. The Kier molecular flexibility index (Phi) is 4.83. The van der Waals surface area contributed by atoms with Crippen LogP contribution in [0.3, 0.4) is 0 Å². The van der Waals surface area contributed by atoms with Crippen LogP contribution in [0.25, 0.3) is 11.1 Å². The van der Waals surface area contributed by atoms with Gasteiger partial charge in [-0.05, 0) is 42.5 Å². The number of fused-ring (bicyclic) bond motifs is 1. The highest BCUT2D eigenvalue weighted by atomic mass is 16.2. The van der Waals surface area contributed by atoms with Crippen LogP contribution in [0.1, 0.15) is 45.8 Å². The van der Waals surface area contributed by atoms with Gasteiger partial charge in [0.2, 0.25) is 0 Å². The van der Waals surface area contributed by atoms with Gasteiger partial charge in [0.25, 0.3) is 11.8 Å². The normalized spacial score (nSPS) is 15.9. The molecule has 6 heteroatoms. The molecule has 0 atom stereocenters. The third-order valence-corrected chi connectivity index (χ3v) is 5.69. The number of nitrogens with zero attached hydrogens (tertiary/aromatic N) is 3. The second-order valence-electron chi connectivity index (χ2n) is 7.98. The number of aryl methyl sites for hydroxylation is 1. The summed E-state index contributed by atoms with van der Waals surface area (Å²) in [6.45, 7) is 1.82. The number of nitrogens with one attached hydrogen (secondary N) is 1. The minimum absolute atomic E-state index is 0.00749. The van der Waals surface area contributed by atoms with Gasteiger partial charge >= 0.3 is 0 Å². The topological polar surface area (TPSA) is 67.2 Å². The van der Waals surface area contributed by atoms with Gasteiger partial charge in [-0.15, -0.1) is 0 Å². The molecule has 30 heavy (non-hydrogen) atoms. The Hall–Kier alpha value is -3.41. The van der Waals surface area contributed by atoms with Gasteiger partial charge in [-0.2, -0.15) is 5.10 Å². The van der Waals surface area contributed by atoms with Crippen LogP contribution in [0, 0.1) is 0 Å². The second kappa shape index (κ2) is 7.78. The number of aromatic nitrogens is 2. The summed E-state index contributed by atoms with van der Waals surface area (Å²) >= 11 is 0. The van der Waals surface area contributed by atoms with Crippen molar-refractivity contribution < 1.29 is 9.59 Å². The van der Waals surface area contributed by atoms with E-state index in [1.165, 1.54) is 0 Å². The van der Waals surface area contributed by atoms with Gasteiger partial charge in [0, 0.05) is 24.7 Å². The maximum absolute atomic E-state index is 13.5. The van der Waals surface area contributed by atoms with Crippen molar-refractivity contribution in [1.29, 1.82) is 0 Å². The smallest absolute Gasteiger partial charge is 0.272 e. The summed E-state index contributed by atoms with van der Waals surface area (Å²) in [5.41, 5.74) is 4.00. The van der Waals surface area contributed by atoms with Crippen LogP contribution in [0.2, 0.25) is 0 Å². The number of hydrogen-bond acceptors (Lipinski definition) is 3. The highest BCUT2D eigenvalue weighted by Gasteiger charge is 2.27. The average molecular weight is 400 g/mol. The fraction of sp³-hybridized carbons (Fsp3) is 0.292. The SMILES string of the molecule is O=C(NC1CC1)c1cc2n(n1)CCCN(C(=O)c1ccccc1-c1ccccc1)C2. The Morgan fingerprint density at radius 1 is 0.967 bits per heavy atom. The fourth-order valence-electron chi connectivity index (χ4n) is 3.94. The molecule has 0 bridgehead atoms. The Morgan fingerprint density at radius 2 is 1.73 bits per heavy atom. The molecule has 2 aromatic carbocycles. The van der Waals surface area contributed by atoms with E-state index in [1.54, 1.807) is 0 Å². The third kappa shape index (κ3) is 3.73. The van der Waals surface area contributed by atoms with Gasteiger partial charge < -0.3 is 10.2 Å². The van der Waals surface area contributed by atoms with Gasteiger partial charge in [0.15, 0.2) is 5.69 Å². The van der Waals surface area contributed by atoms with Crippen molar-refractivity contribution in [1.82, 2.24) is 20.0 Å². The number of amides is 2. The van der Waals surface area contributed by atoms with Gasteiger partial charge in [-0.1, -0.05) is 48.5 Å². The van der Waals surface area contributed by atoms with E-state index in [4.69, 9.17) is 0 Å². The van der Waals surface area contributed by atoms with Crippen molar-refractivity contribution in [2.24, 2.45) is 0 Å². The van der Waals surface area contributed by atoms with Gasteiger partial charge in [0.1, 0.15) is 0 Å². The molecule has 5 rings (SSSR count). The van der Waals surface area contributed by atoms with Crippen molar-refractivity contribution in [3.8, 4) is 11.1 Å². The zero-order valence-corrected chi connectivity index (χ0v) is 16.8. The lowest BCUT2D eigenvalue weighted by atomic mass is 9.99. The molecule has 2 amide bonds. The first-order valence-electron chi connectivity index (χ1n) is 10.5. The van der Waals surface area contributed by atoms with Gasteiger partial charge in [-0.25, -0.2) is 0 Å². The summed E-state index contributed by atoms with van der Waals surface area (Å²) in [4.78, 5) is 27.7. The van der Waals surface area contributed by atoms with Crippen LogP contribution in [-0.4, -0.2) is 39.1 Å². The molecule has 2 heterocycles. The standard InChI is InChI=1S/C24H24N4O2/c29-23(25-18-11-12-18)22-15-19-16-27(13-6-14-28(19)26-22)24(30)21-10-5-4-9-20(21)17-7-2-1-3-8-17/h1-5,7-10,15,18H,6,11-14,16H2,(H,25,29). The Labute approximate surface area is 175 Å². The largest absolute Gasteiger partial charge is 0.348 e. The lowest BCUT2D eigenvalue weighted by Crippen LogP contribution is -2.31. The molecular weight excluding hydrogens is 376 g/mol. The van der Waals surface area contributed by atoms with Crippen LogP contribution in [0.15, 0.2) is 60.7 Å². The quantitative estimate of drug-likeness (QED) is 0.729. The van der Waals surface area contributed by atoms with E-state index in [0.717, 1.165) is 36.1 Å². The number of benzene rings is 2. The number of carbonyl (C=O) groups is 2. The highest BCUT2D eigenvalue weighted by molar-refractivity contribution is 6.01. The summed E-state index contributed by atoms with van der Waals surface area (Å²) in [6, 6.07) is 19.8. The van der Waals surface area contributed by atoms with Gasteiger partial charge in [0.05, 0.1) is 12.2 Å². The van der Waals surface area contributed by atoms with Crippen LogP contribution >= 0.6 is 0 Å². The maximum Gasteiger partial charge on any atom is 0.272 e. The van der Waals surface area contributed by atoms with Crippen molar-refractivity contribution in [3.05, 3.63) is 77.6 Å². The molecule has 3 aromatic rings. The molecule has 0 radical (unpaired) electrons. The maximum atomic E-state index is 13.5. The molecule has 0 unspecified atom stereocenters. The van der Waals surface area contributed by atoms with Crippen LogP contribution < -0.4 is 5.32 Å². The van der Waals surface area contributed by atoms with E-state index in [2.05, 4.69) is 10.4 Å². The Bertz CT molecular complexity index is 1090. The predicted molar refractivity (Wildman–Crippen MR) is 114 cm³/mol. The summed E-state index contributed by atoms with van der Waals surface area (Å²) < 4.78 is 1.87. The second-order valence-corrected chi connectivity index (χ2v) is 7.98. The molecule has 0 saturated heterocycles. The van der Waals surface area contributed by atoms with E-state index in [1.807, 2.05) is 70.2 Å². The number of hydrogen-bond donors (Lipinski definition) is 1. The lowest BCUT2D eigenvalue weighted by molar-refractivity contribution is 0.0746. The summed E-state index contributed by atoms with van der Waals surface area (Å²) in [6.07, 6.45) is 2.89. The van der Waals surface area contributed by atoms with Crippen molar-refractivity contribution in [2.75, 3.05) is 6.54 Å². The Balaban J connectivity index is 1.40. The van der Waals surface area contributed by atoms with Crippen LogP contribution in [0.4, 0.5) is 0 Å². The van der Waals surface area contributed by atoms with E-state index < -0.39 is 0 Å². The summed E-state index contributed by atoms with van der Waals surface area (Å²) in [7, 11) is 0. The average Bonchev–Trinajstić information content (AvgIpc) is 3.55. The lowest BCUT2D eigenvalue weighted by Gasteiger charge is -2.21. The van der Waals surface area contributed by atoms with E-state index in [-0.39, 0.29) is 11.8 Å². The molecule has 1 aliphatic heterocycles. The molecule has 1 aromatic heterocycles. The molecule has 0 spiro atoms. The van der Waals surface area contributed by atoms with Crippen molar-refractivity contribution >= 4 is 11.8 Å². The first-order valence-corrected chi connectivity index (χ1v) is 10.5. The first kappa shape index (κ1) is 18.6. The fourth-order valence-corrected chi connectivity index (χ4v) is 3.94. The molecule has 6 nitrogen and oxygen atoms in total. The summed E-state index contributed by atoms with van der Waals surface area (Å²) in [5, 5.41) is 7.47. The number of rotatable bonds is 4. The minimum atomic E-state index is -0.120. The molecule has 1 aliphatic carbocycles. The van der Waals surface area contributed by atoms with Crippen molar-refractivity contribution in [2.45, 2.75) is 38.4 Å². The van der Waals surface area contributed by atoms with Crippen LogP contribution in [0.5, 0.6) is 0 Å². The van der Waals surface area contributed by atoms with E-state index in [9.17, 15) is 9.59 Å². The van der Waals surface area contributed by atoms with Crippen LogP contribution in [-0.2, 0) is 13.1 Å². The summed E-state index contributed by atoms with van der Waals surface area (Å²) in [5.74, 6) is -0.113. The third-order valence-electron chi connectivity index (χ3n) is 5.69.